The van der Waals surface area contributed by atoms with Crippen molar-refractivity contribution >= 4 is 17.6 Å². The number of amides is 2. The van der Waals surface area contributed by atoms with Crippen molar-refractivity contribution in [1.29, 1.82) is 0 Å². The van der Waals surface area contributed by atoms with Crippen LogP contribution in [0.3, 0.4) is 0 Å². The lowest BCUT2D eigenvalue weighted by atomic mass is 9.86. The number of aromatic nitrogens is 2. The van der Waals surface area contributed by atoms with Crippen molar-refractivity contribution in [2.75, 3.05) is 18.4 Å². The van der Waals surface area contributed by atoms with Crippen LogP contribution in [-0.2, 0) is 4.79 Å². The number of benzene rings is 1. The van der Waals surface area contributed by atoms with E-state index in [1.165, 1.54) is 24.4 Å². The molecule has 0 spiro atoms. The van der Waals surface area contributed by atoms with E-state index in [0.29, 0.717) is 6.07 Å². The van der Waals surface area contributed by atoms with Crippen molar-refractivity contribution < 1.29 is 36.6 Å². The summed E-state index contributed by atoms with van der Waals surface area (Å²) in [7, 11) is 0. The number of carbonyl (C=O) groups excluding carboxylic acids is 2. The van der Waals surface area contributed by atoms with Gasteiger partial charge in [0.25, 0.3) is 11.6 Å². The summed E-state index contributed by atoms with van der Waals surface area (Å²) in [4.78, 5) is 30.0. The van der Waals surface area contributed by atoms with E-state index in [1.54, 1.807) is 11.8 Å². The number of anilines is 1. The molecule has 2 aromatic heterocycles. The first-order valence-corrected chi connectivity index (χ1v) is 11.5. The van der Waals surface area contributed by atoms with Gasteiger partial charge in [0, 0.05) is 37.7 Å². The third kappa shape index (κ3) is 5.83. The molecule has 200 valence electrons. The largest absolute Gasteiger partial charge is 0.618 e. The van der Waals surface area contributed by atoms with E-state index in [2.05, 4.69) is 10.3 Å². The first-order valence-electron chi connectivity index (χ1n) is 11.5. The third-order valence-corrected chi connectivity index (χ3v) is 6.29. The number of primary amides is 1. The van der Waals surface area contributed by atoms with Gasteiger partial charge in [0.15, 0.2) is 17.8 Å². The molecule has 2 amide bonds. The van der Waals surface area contributed by atoms with Crippen LogP contribution in [-0.4, -0.2) is 46.8 Å². The number of ether oxygens (including phenoxy) is 1. The zero-order valence-corrected chi connectivity index (χ0v) is 20.0. The molecule has 1 saturated heterocycles. The molecule has 3 N–H and O–H groups in total. The number of pyridine rings is 2. The van der Waals surface area contributed by atoms with Crippen LogP contribution in [0.25, 0.3) is 0 Å². The van der Waals surface area contributed by atoms with E-state index in [1.807, 2.05) is 0 Å². The Morgan fingerprint density at radius 1 is 1.24 bits per heavy atom. The summed E-state index contributed by atoms with van der Waals surface area (Å²) in [5, 5.41) is 14.3. The van der Waals surface area contributed by atoms with Gasteiger partial charge in [-0.3, -0.25) is 14.5 Å². The predicted octanol–water partition coefficient (Wildman–Crippen LogP) is 3.34. The Bertz CT molecular complexity index is 1360. The van der Waals surface area contributed by atoms with Gasteiger partial charge in [-0.25, -0.2) is 22.5 Å². The zero-order valence-electron chi connectivity index (χ0n) is 20.0. The summed E-state index contributed by atoms with van der Waals surface area (Å²) >= 11 is 0. The van der Waals surface area contributed by atoms with Gasteiger partial charge in [0.2, 0.25) is 5.91 Å². The highest BCUT2D eigenvalue weighted by molar-refractivity contribution is 5.93. The monoisotopic (exact) mass is 533 g/mol. The fourth-order valence-corrected chi connectivity index (χ4v) is 4.12. The van der Waals surface area contributed by atoms with Crippen molar-refractivity contribution in [1.82, 2.24) is 9.88 Å². The maximum atomic E-state index is 14.8. The van der Waals surface area contributed by atoms with Crippen LogP contribution >= 0.6 is 0 Å². The Morgan fingerprint density at radius 3 is 2.66 bits per heavy atom. The van der Waals surface area contributed by atoms with Gasteiger partial charge in [0.1, 0.15) is 17.4 Å². The maximum absolute atomic E-state index is 14.8. The SMILES string of the molecule is C[C@@H](C(=O)Nc1ccc(Oc2ccc(F)cc2F)cn1)N1CCC(F)(F)[C@@H](c2cc[n+]([O-])c(C(N)=O)c2)C1. The van der Waals surface area contributed by atoms with Crippen LogP contribution in [0.5, 0.6) is 11.5 Å². The summed E-state index contributed by atoms with van der Waals surface area (Å²) in [5.74, 6) is -7.65. The summed E-state index contributed by atoms with van der Waals surface area (Å²) in [6.07, 6.45) is 1.64. The van der Waals surface area contributed by atoms with Gasteiger partial charge < -0.3 is 21.0 Å². The standard InChI is InChI=1S/C25H23F4N5O4/c1-14(24(36)32-22-5-3-17(12-31-22)38-21-4-2-16(26)11-19(21)27)33-9-7-25(28,29)18(13-33)15-6-8-34(37)20(10-15)23(30)35/h2-6,8,10-12,14,18H,7,9,13H2,1H3,(H2,30,35)(H,31,32,36)/t14-,18+/m0/s1. The second-order valence-electron chi connectivity index (χ2n) is 8.82. The Labute approximate surface area is 214 Å². The molecule has 1 fully saturated rings. The van der Waals surface area contributed by atoms with Gasteiger partial charge in [-0.05, 0) is 36.8 Å². The predicted molar refractivity (Wildman–Crippen MR) is 127 cm³/mol. The highest BCUT2D eigenvalue weighted by Gasteiger charge is 2.47. The van der Waals surface area contributed by atoms with Crippen LogP contribution in [0.4, 0.5) is 23.4 Å². The molecule has 3 aromatic rings. The molecule has 3 heterocycles. The van der Waals surface area contributed by atoms with Crippen molar-refractivity contribution in [3.05, 3.63) is 83.0 Å². The molecular formula is C25H23F4N5O4. The van der Waals surface area contributed by atoms with Gasteiger partial charge in [-0.15, -0.1) is 0 Å². The van der Waals surface area contributed by atoms with Crippen LogP contribution in [0, 0.1) is 16.8 Å². The Kier molecular flexibility index (Phi) is 7.49. The summed E-state index contributed by atoms with van der Waals surface area (Å²) in [6, 6.07) is 7.09. The van der Waals surface area contributed by atoms with Crippen LogP contribution in [0.2, 0.25) is 0 Å². The lowest BCUT2D eigenvalue weighted by molar-refractivity contribution is -0.607. The molecule has 4 rings (SSSR count). The number of likely N-dealkylation sites (tertiary alicyclic amines) is 1. The number of piperidine rings is 1. The van der Waals surface area contributed by atoms with E-state index in [4.69, 9.17) is 10.5 Å². The molecule has 9 nitrogen and oxygen atoms in total. The second-order valence-corrected chi connectivity index (χ2v) is 8.82. The number of halogens is 4. The second kappa shape index (κ2) is 10.6. The van der Waals surface area contributed by atoms with Crippen LogP contribution in [0.1, 0.15) is 35.3 Å². The smallest absolute Gasteiger partial charge is 0.314 e. The Balaban J connectivity index is 1.42. The van der Waals surface area contributed by atoms with Gasteiger partial charge in [-0.1, -0.05) is 0 Å². The number of rotatable bonds is 7. The summed E-state index contributed by atoms with van der Waals surface area (Å²) < 4.78 is 62.0. The highest BCUT2D eigenvalue weighted by atomic mass is 19.3. The van der Waals surface area contributed by atoms with Crippen molar-refractivity contribution in [3.8, 4) is 11.5 Å². The molecule has 2 atom stereocenters. The lowest BCUT2D eigenvalue weighted by Gasteiger charge is -2.40. The number of carbonyl (C=O) groups is 2. The molecule has 0 radical (unpaired) electrons. The average molecular weight is 533 g/mol. The zero-order chi connectivity index (χ0) is 27.6. The topological polar surface area (TPSA) is 124 Å². The van der Waals surface area contributed by atoms with E-state index in [-0.39, 0.29) is 40.7 Å². The molecule has 0 saturated carbocycles. The fourth-order valence-electron chi connectivity index (χ4n) is 4.12. The highest BCUT2D eigenvalue weighted by Crippen LogP contribution is 2.41. The number of alkyl halides is 2. The fraction of sp³-hybridized carbons (Fsp3) is 0.280. The minimum Gasteiger partial charge on any atom is -0.618 e. The van der Waals surface area contributed by atoms with Crippen LogP contribution in [0.15, 0.2) is 54.9 Å². The Morgan fingerprint density at radius 2 is 2.00 bits per heavy atom. The lowest BCUT2D eigenvalue weighted by Crippen LogP contribution is -2.52. The van der Waals surface area contributed by atoms with Crippen molar-refractivity contribution in [2.24, 2.45) is 5.73 Å². The molecule has 1 aliphatic rings. The number of hydrogen-bond donors (Lipinski definition) is 2. The minimum absolute atomic E-state index is 0.0584. The molecule has 13 heteroatoms. The van der Waals surface area contributed by atoms with Gasteiger partial charge >= 0.3 is 5.91 Å². The normalized spacial score (nSPS) is 18.0. The third-order valence-electron chi connectivity index (χ3n) is 6.29. The number of hydrogen-bond acceptors (Lipinski definition) is 6. The van der Waals surface area contributed by atoms with Crippen molar-refractivity contribution in [3.63, 3.8) is 0 Å². The molecule has 0 aliphatic carbocycles. The molecule has 0 unspecified atom stereocenters. The van der Waals surface area contributed by atoms with Gasteiger partial charge in [0.05, 0.1) is 18.2 Å². The van der Waals surface area contributed by atoms with Crippen LogP contribution < -0.4 is 20.5 Å². The summed E-state index contributed by atoms with van der Waals surface area (Å²) in [6.45, 7) is 1.26. The van der Waals surface area contributed by atoms with Gasteiger partial charge in [-0.2, -0.15) is 4.73 Å². The number of nitrogens with one attached hydrogen (secondary N) is 1. The first kappa shape index (κ1) is 26.8. The van der Waals surface area contributed by atoms with E-state index in [0.717, 1.165) is 24.4 Å². The summed E-state index contributed by atoms with van der Waals surface area (Å²) in [5.41, 5.74) is 4.78. The first-order chi connectivity index (χ1) is 17.9. The maximum Gasteiger partial charge on any atom is 0.314 e. The van der Waals surface area contributed by atoms with E-state index >= 15 is 0 Å². The quantitative estimate of drug-likeness (QED) is 0.273. The molecule has 0 bridgehead atoms. The molecule has 1 aliphatic heterocycles. The van der Waals surface area contributed by atoms with Crippen molar-refractivity contribution in [2.45, 2.75) is 31.2 Å². The van der Waals surface area contributed by atoms with E-state index < -0.39 is 53.4 Å². The molecule has 38 heavy (non-hydrogen) atoms. The van der Waals surface area contributed by atoms with E-state index in [9.17, 15) is 32.4 Å². The molecular weight excluding hydrogens is 510 g/mol. The average Bonchev–Trinajstić information content (AvgIpc) is 2.86. The number of nitrogens with zero attached hydrogens (tertiary/aromatic N) is 3. The number of nitrogens with two attached hydrogens (primary N) is 1. The Hall–Kier alpha value is -4.26. The minimum atomic E-state index is -3.14. The molecule has 1 aromatic carbocycles.